The van der Waals surface area contributed by atoms with Crippen molar-refractivity contribution < 1.29 is 9.47 Å². The Morgan fingerprint density at radius 1 is 1.04 bits per heavy atom. The molecular formula is C21H32O2. The number of para-hydroxylation sites is 1. The summed E-state index contributed by atoms with van der Waals surface area (Å²) in [6, 6.07) is 8.42. The van der Waals surface area contributed by atoms with E-state index in [9.17, 15) is 0 Å². The number of unbranched alkanes of at least 4 members (excludes halogenated alkanes) is 6. The van der Waals surface area contributed by atoms with Gasteiger partial charge < -0.3 is 9.47 Å². The largest absolute Gasteiger partial charge is 0.491 e. The standard InChI is InChI=1S/C21H32O2/c1-2-3-4-5-6-7-8-9-10-11-14-19-15-12-13-16-21(19)23-18-20-17-22-20/h7-8,12-13,15-16,20H,2-6,9-11,14,17-18H2,1H3/b8-7+. The lowest BCUT2D eigenvalue weighted by Gasteiger charge is -2.10. The molecule has 0 bridgehead atoms. The topological polar surface area (TPSA) is 21.8 Å². The summed E-state index contributed by atoms with van der Waals surface area (Å²) in [5, 5.41) is 0. The average Bonchev–Trinajstić information content (AvgIpc) is 3.40. The Labute approximate surface area is 141 Å². The molecule has 0 aliphatic carbocycles. The van der Waals surface area contributed by atoms with Crippen LogP contribution < -0.4 is 4.74 Å². The van der Waals surface area contributed by atoms with E-state index in [2.05, 4.69) is 37.3 Å². The second kappa shape index (κ2) is 11.3. The maximum atomic E-state index is 5.86. The molecule has 0 spiro atoms. The van der Waals surface area contributed by atoms with E-state index in [1.807, 2.05) is 6.07 Å². The number of hydrogen-bond donors (Lipinski definition) is 0. The van der Waals surface area contributed by atoms with Crippen LogP contribution in [0.2, 0.25) is 0 Å². The number of rotatable bonds is 13. The van der Waals surface area contributed by atoms with Gasteiger partial charge in [0.25, 0.3) is 0 Å². The summed E-state index contributed by atoms with van der Waals surface area (Å²) in [5.74, 6) is 1.04. The molecule has 2 nitrogen and oxygen atoms in total. The number of hydrogen-bond acceptors (Lipinski definition) is 2. The van der Waals surface area contributed by atoms with Crippen LogP contribution >= 0.6 is 0 Å². The summed E-state index contributed by atoms with van der Waals surface area (Å²) in [6.45, 7) is 3.81. The van der Waals surface area contributed by atoms with E-state index in [0.717, 1.165) is 18.8 Å². The molecule has 1 aliphatic rings. The summed E-state index contributed by atoms with van der Waals surface area (Å²) in [5.41, 5.74) is 1.33. The van der Waals surface area contributed by atoms with E-state index >= 15 is 0 Å². The number of epoxide rings is 1. The lowest BCUT2D eigenvalue weighted by molar-refractivity contribution is 0.261. The minimum atomic E-state index is 0.325. The zero-order valence-corrected chi connectivity index (χ0v) is 14.6. The number of aryl methyl sites for hydroxylation is 1. The van der Waals surface area contributed by atoms with Crippen LogP contribution in [0.4, 0.5) is 0 Å². The van der Waals surface area contributed by atoms with Crippen LogP contribution in [0, 0.1) is 0 Å². The molecule has 1 fully saturated rings. The van der Waals surface area contributed by atoms with Gasteiger partial charge in [-0.15, -0.1) is 0 Å². The van der Waals surface area contributed by atoms with Gasteiger partial charge in [0.05, 0.1) is 6.61 Å². The van der Waals surface area contributed by atoms with Gasteiger partial charge in [-0.2, -0.15) is 0 Å². The minimum absolute atomic E-state index is 0.325. The van der Waals surface area contributed by atoms with E-state index in [1.54, 1.807) is 0 Å². The molecular weight excluding hydrogens is 284 g/mol. The molecule has 1 atom stereocenters. The fourth-order valence-corrected chi connectivity index (χ4v) is 2.70. The van der Waals surface area contributed by atoms with E-state index < -0.39 is 0 Å². The average molecular weight is 316 g/mol. The van der Waals surface area contributed by atoms with Crippen LogP contribution in [-0.4, -0.2) is 19.3 Å². The zero-order valence-electron chi connectivity index (χ0n) is 14.6. The molecule has 1 aromatic rings. The van der Waals surface area contributed by atoms with Gasteiger partial charge in [-0.1, -0.05) is 56.5 Å². The van der Waals surface area contributed by atoms with E-state index in [-0.39, 0.29) is 0 Å². The Bertz CT molecular complexity index is 449. The number of benzene rings is 1. The molecule has 1 saturated heterocycles. The fraction of sp³-hybridized carbons (Fsp3) is 0.619. The van der Waals surface area contributed by atoms with Crippen LogP contribution in [0.15, 0.2) is 36.4 Å². The highest BCUT2D eigenvalue weighted by molar-refractivity contribution is 5.33. The molecule has 128 valence electrons. The van der Waals surface area contributed by atoms with Crippen molar-refractivity contribution >= 4 is 0 Å². The molecule has 2 rings (SSSR count). The normalized spacial score (nSPS) is 16.8. The summed E-state index contributed by atoms with van der Waals surface area (Å²) in [6.07, 6.45) is 16.5. The highest BCUT2D eigenvalue weighted by Gasteiger charge is 2.23. The Hall–Kier alpha value is -1.28. The van der Waals surface area contributed by atoms with Crippen molar-refractivity contribution in [2.45, 2.75) is 70.8 Å². The van der Waals surface area contributed by atoms with Crippen LogP contribution in [0.3, 0.4) is 0 Å². The lowest BCUT2D eigenvalue weighted by atomic mass is 10.1. The molecule has 1 unspecified atom stereocenters. The van der Waals surface area contributed by atoms with Gasteiger partial charge in [0.2, 0.25) is 0 Å². The van der Waals surface area contributed by atoms with E-state index in [1.165, 1.54) is 56.9 Å². The first-order valence-electron chi connectivity index (χ1n) is 9.37. The maximum absolute atomic E-state index is 5.86. The van der Waals surface area contributed by atoms with Crippen molar-refractivity contribution in [1.82, 2.24) is 0 Å². The highest BCUT2D eigenvalue weighted by Crippen LogP contribution is 2.22. The van der Waals surface area contributed by atoms with Crippen LogP contribution in [0.1, 0.15) is 63.9 Å². The smallest absolute Gasteiger partial charge is 0.122 e. The highest BCUT2D eigenvalue weighted by atomic mass is 16.6. The predicted molar refractivity (Wildman–Crippen MR) is 97.1 cm³/mol. The fourth-order valence-electron chi connectivity index (χ4n) is 2.70. The Kier molecular flexibility index (Phi) is 8.86. The third kappa shape index (κ3) is 8.22. The van der Waals surface area contributed by atoms with Gasteiger partial charge in [-0.25, -0.2) is 0 Å². The number of ether oxygens (including phenoxy) is 2. The maximum Gasteiger partial charge on any atom is 0.122 e. The molecule has 0 amide bonds. The van der Waals surface area contributed by atoms with Crippen molar-refractivity contribution in [3.63, 3.8) is 0 Å². The summed E-state index contributed by atoms with van der Waals surface area (Å²) in [4.78, 5) is 0. The Balaban J connectivity index is 1.55. The van der Waals surface area contributed by atoms with Crippen molar-refractivity contribution in [1.29, 1.82) is 0 Å². The molecule has 0 saturated carbocycles. The van der Waals surface area contributed by atoms with Crippen molar-refractivity contribution in [3.8, 4) is 5.75 Å². The monoisotopic (exact) mass is 316 g/mol. The molecule has 2 heteroatoms. The molecule has 0 aromatic heterocycles. The Morgan fingerprint density at radius 3 is 2.52 bits per heavy atom. The lowest BCUT2D eigenvalue weighted by Crippen LogP contribution is -2.05. The first-order chi connectivity index (χ1) is 11.4. The van der Waals surface area contributed by atoms with Gasteiger partial charge in [-0.3, -0.25) is 0 Å². The minimum Gasteiger partial charge on any atom is -0.491 e. The second-order valence-corrected chi connectivity index (χ2v) is 6.44. The quantitative estimate of drug-likeness (QED) is 0.264. The van der Waals surface area contributed by atoms with Crippen molar-refractivity contribution in [3.05, 3.63) is 42.0 Å². The zero-order chi connectivity index (χ0) is 16.2. The van der Waals surface area contributed by atoms with E-state index in [0.29, 0.717) is 12.7 Å². The summed E-state index contributed by atoms with van der Waals surface area (Å²) < 4.78 is 11.1. The van der Waals surface area contributed by atoms with Crippen LogP contribution in [0.25, 0.3) is 0 Å². The van der Waals surface area contributed by atoms with E-state index in [4.69, 9.17) is 9.47 Å². The number of allylic oxidation sites excluding steroid dienone is 2. The van der Waals surface area contributed by atoms with Crippen LogP contribution in [0.5, 0.6) is 5.75 Å². The van der Waals surface area contributed by atoms with Gasteiger partial charge in [-0.05, 0) is 50.2 Å². The first-order valence-corrected chi connectivity index (χ1v) is 9.37. The third-order valence-corrected chi connectivity index (χ3v) is 4.26. The molecule has 1 aliphatic heterocycles. The molecule has 0 radical (unpaired) electrons. The van der Waals surface area contributed by atoms with Crippen molar-refractivity contribution in [2.24, 2.45) is 0 Å². The third-order valence-electron chi connectivity index (χ3n) is 4.26. The second-order valence-electron chi connectivity index (χ2n) is 6.44. The van der Waals surface area contributed by atoms with Gasteiger partial charge in [0.15, 0.2) is 0 Å². The Morgan fingerprint density at radius 2 is 1.78 bits per heavy atom. The first kappa shape index (κ1) is 18.1. The van der Waals surface area contributed by atoms with Crippen LogP contribution in [-0.2, 0) is 11.2 Å². The molecule has 23 heavy (non-hydrogen) atoms. The van der Waals surface area contributed by atoms with Gasteiger partial charge in [0.1, 0.15) is 18.5 Å². The SMILES string of the molecule is CCCCCC/C=C/CCCCc1ccccc1OCC1CO1. The molecule has 0 N–H and O–H groups in total. The molecule has 1 aromatic carbocycles. The summed E-state index contributed by atoms with van der Waals surface area (Å²) >= 11 is 0. The van der Waals surface area contributed by atoms with Gasteiger partial charge >= 0.3 is 0 Å². The van der Waals surface area contributed by atoms with Gasteiger partial charge in [0, 0.05) is 0 Å². The summed E-state index contributed by atoms with van der Waals surface area (Å²) in [7, 11) is 0. The van der Waals surface area contributed by atoms with Crippen molar-refractivity contribution in [2.75, 3.05) is 13.2 Å². The predicted octanol–water partition coefficient (Wildman–Crippen LogP) is 5.70. The molecule has 1 heterocycles.